The number of carboxylic acid groups (broad SMARTS) is 1. The fraction of sp³-hybridized carbons (Fsp3) is 0.615. The Balaban J connectivity index is 2.65. The van der Waals surface area contributed by atoms with E-state index in [-0.39, 0.29) is 24.5 Å². The Morgan fingerprint density at radius 2 is 2.15 bits per heavy atom. The molecular formula is C13H21N3O3S. The molecule has 1 aromatic heterocycles. The molecule has 1 rings (SSSR count). The number of carboxylic acids is 1. The zero-order valence-corrected chi connectivity index (χ0v) is 13.0. The third-order valence-corrected chi connectivity index (χ3v) is 4.05. The van der Waals surface area contributed by atoms with Crippen LogP contribution in [0.1, 0.15) is 43.1 Å². The molecule has 2 N–H and O–H groups in total. The third kappa shape index (κ3) is 4.48. The summed E-state index contributed by atoms with van der Waals surface area (Å²) >= 11 is 1.54. The van der Waals surface area contributed by atoms with Crippen molar-refractivity contribution in [1.29, 1.82) is 0 Å². The van der Waals surface area contributed by atoms with E-state index in [1.807, 2.05) is 20.8 Å². The highest BCUT2D eigenvalue weighted by Gasteiger charge is 2.22. The van der Waals surface area contributed by atoms with Crippen LogP contribution in [0.2, 0.25) is 0 Å². The van der Waals surface area contributed by atoms with Gasteiger partial charge >= 0.3 is 12.0 Å². The van der Waals surface area contributed by atoms with E-state index in [2.05, 4.69) is 10.3 Å². The van der Waals surface area contributed by atoms with Crippen LogP contribution in [0.25, 0.3) is 0 Å². The largest absolute Gasteiger partial charge is 0.481 e. The molecule has 1 aromatic rings. The first-order valence-electron chi connectivity index (χ1n) is 6.56. The Morgan fingerprint density at radius 1 is 1.50 bits per heavy atom. The zero-order valence-electron chi connectivity index (χ0n) is 12.2. The molecule has 0 saturated heterocycles. The molecule has 20 heavy (non-hydrogen) atoms. The Bertz CT molecular complexity index is 475. The minimum atomic E-state index is -0.910. The van der Waals surface area contributed by atoms with Gasteiger partial charge in [0.1, 0.15) is 5.01 Å². The second-order valence-electron chi connectivity index (χ2n) is 4.71. The second-order valence-corrected chi connectivity index (χ2v) is 5.98. The summed E-state index contributed by atoms with van der Waals surface area (Å²) in [5.74, 6) is -0.910. The number of carbonyl (C=O) groups excluding carboxylic acids is 1. The van der Waals surface area contributed by atoms with Crippen molar-refractivity contribution in [1.82, 2.24) is 15.2 Å². The lowest BCUT2D eigenvalue weighted by molar-refractivity contribution is -0.138. The molecule has 0 bridgehead atoms. The van der Waals surface area contributed by atoms with Crippen LogP contribution in [-0.2, 0) is 4.79 Å². The van der Waals surface area contributed by atoms with Crippen LogP contribution in [0.4, 0.5) is 4.79 Å². The number of aliphatic carboxylic acids is 1. The molecule has 0 saturated carbocycles. The fourth-order valence-electron chi connectivity index (χ4n) is 1.92. The second kappa shape index (κ2) is 7.23. The number of nitrogens with one attached hydrogen (secondary N) is 1. The summed E-state index contributed by atoms with van der Waals surface area (Å²) in [6, 6.07) is -0.795. The van der Waals surface area contributed by atoms with Gasteiger partial charge in [-0.2, -0.15) is 0 Å². The normalized spacial score (nSPS) is 13.6. The van der Waals surface area contributed by atoms with Crippen LogP contribution >= 0.6 is 11.3 Å². The maximum absolute atomic E-state index is 12.2. The summed E-state index contributed by atoms with van der Waals surface area (Å²) in [6.07, 6.45) is 1.71. The Labute approximate surface area is 122 Å². The van der Waals surface area contributed by atoms with Crippen molar-refractivity contribution in [2.75, 3.05) is 6.54 Å². The van der Waals surface area contributed by atoms with Crippen LogP contribution in [-0.4, -0.2) is 39.6 Å². The van der Waals surface area contributed by atoms with E-state index in [1.54, 1.807) is 13.1 Å². The van der Waals surface area contributed by atoms with E-state index in [9.17, 15) is 9.59 Å². The van der Waals surface area contributed by atoms with Crippen LogP contribution < -0.4 is 5.32 Å². The van der Waals surface area contributed by atoms with Crippen LogP contribution in [0.3, 0.4) is 0 Å². The summed E-state index contributed by atoms with van der Waals surface area (Å²) in [5.41, 5.74) is 0. The number of hydrogen-bond donors (Lipinski definition) is 2. The SMILES string of the molecule is CCN(C(=O)NC(C)c1ncc(C)s1)C(C)CC(=O)O. The topological polar surface area (TPSA) is 82.5 Å². The molecule has 7 heteroatoms. The molecule has 0 radical (unpaired) electrons. The van der Waals surface area contributed by atoms with Gasteiger partial charge in [0.2, 0.25) is 0 Å². The van der Waals surface area contributed by atoms with E-state index < -0.39 is 5.97 Å². The van der Waals surface area contributed by atoms with Gasteiger partial charge in [-0.05, 0) is 27.7 Å². The van der Waals surface area contributed by atoms with Gasteiger partial charge in [-0.15, -0.1) is 11.3 Å². The maximum atomic E-state index is 12.2. The lowest BCUT2D eigenvalue weighted by atomic mass is 10.2. The molecule has 6 nitrogen and oxygen atoms in total. The molecule has 0 spiro atoms. The smallest absolute Gasteiger partial charge is 0.318 e. The zero-order chi connectivity index (χ0) is 15.3. The number of thiazole rings is 1. The monoisotopic (exact) mass is 299 g/mol. The predicted octanol–water partition coefficient (Wildman–Crippen LogP) is 2.41. The van der Waals surface area contributed by atoms with Crippen molar-refractivity contribution in [3.63, 3.8) is 0 Å². The van der Waals surface area contributed by atoms with Gasteiger partial charge in [0.05, 0.1) is 12.5 Å². The number of aryl methyl sites for hydroxylation is 1. The molecule has 2 unspecified atom stereocenters. The summed E-state index contributed by atoms with van der Waals surface area (Å²) in [6.45, 7) is 7.85. The first-order chi connectivity index (χ1) is 9.35. The summed E-state index contributed by atoms with van der Waals surface area (Å²) in [5, 5.41) is 12.5. The molecule has 0 fully saturated rings. The summed E-state index contributed by atoms with van der Waals surface area (Å²) in [7, 11) is 0. The van der Waals surface area contributed by atoms with Crippen LogP contribution in [0.15, 0.2) is 6.20 Å². The first kappa shape index (κ1) is 16.4. The Morgan fingerprint density at radius 3 is 2.60 bits per heavy atom. The van der Waals surface area contributed by atoms with Gasteiger partial charge in [-0.25, -0.2) is 9.78 Å². The van der Waals surface area contributed by atoms with Gasteiger partial charge in [-0.1, -0.05) is 0 Å². The molecule has 0 aliphatic carbocycles. The first-order valence-corrected chi connectivity index (χ1v) is 7.38. The van der Waals surface area contributed by atoms with Crippen molar-refractivity contribution < 1.29 is 14.7 Å². The van der Waals surface area contributed by atoms with E-state index in [0.29, 0.717) is 6.54 Å². The van der Waals surface area contributed by atoms with E-state index >= 15 is 0 Å². The van der Waals surface area contributed by atoms with Crippen molar-refractivity contribution in [3.8, 4) is 0 Å². The number of carbonyl (C=O) groups is 2. The quantitative estimate of drug-likeness (QED) is 0.845. The highest BCUT2D eigenvalue weighted by atomic mass is 32.1. The predicted molar refractivity (Wildman–Crippen MR) is 77.9 cm³/mol. The number of aromatic nitrogens is 1. The van der Waals surface area contributed by atoms with Gasteiger partial charge in [-0.3, -0.25) is 4.79 Å². The van der Waals surface area contributed by atoms with Gasteiger partial charge in [0.25, 0.3) is 0 Å². The minimum absolute atomic E-state index is 0.0635. The van der Waals surface area contributed by atoms with Gasteiger partial charge < -0.3 is 15.3 Å². The highest BCUT2D eigenvalue weighted by molar-refractivity contribution is 7.11. The lowest BCUT2D eigenvalue weighted by Crippen LogP contribution is -2.46. The number of urea groups is 1. The summed E-state index contributed by atoms with van der Waals surface area (Å²) in [4.78, 5) is 29.8. The van der Waals surface area contributed by atoms with Crippen LogP contribution in [0, 0.1) is 6.92 Å². The molecular weight excluding hydrogens is 278 g/mol. The highest BCUT2D eigenvalue weighted by Crippen LogP contribution is 2.19. The molecule has 2 amide bonds. The number of amides is 2. The average molecular weight is 299 g/mol. The molecule has 1 heterocycles. The molecule has 0 aromatic carbocycles. The number of hydrogen-bond acceptors (Lipinski definition) is 4. The molecule has 0 aliphatic rings. The van der Waals surface area contributed by atoms with Crippen molar-refractivity contribution in [2.45, 2.75) is 46.2 Å². The molecule has 0 aliphatic heterocycles. The van der Waals surface area contributed by atoms with Gasteiger partial charge in [0.15, 0.2) is 0 Å². The van der Waals surface area contributed by atoms with Crippen molar-refractivity contribution in [2.24, 2.45) is 0 Å². The lowest BCUT2D eigenvalue weighted by Gasteiger charge is -2.28. The average Bonchev–Trinajstić information content (AvgIpc) is 2.75. The molecule has 2 atom stereocenters. The fourth-order valence-corrected chi connectivity index (χ4v) is 2.70. The maximum Gasteiger partial charge on any atom is 0.318 e. The van der Waals surface area contributed by atoms with E-state index in [4.69, 9.17) is 5.11 Å². The van der Waals surface area contributed by atoms with Crippen molar-refractivity contribution in [3.05, 3.63) is 16.1 Å². The third-order valence-electron chi connectivity index (χ3n) is 2.95. The Hall–Kier alpha value is -1.63. The molecule has 112 valence electrons. The minimum Gasteiger partial charge on any atom is -0.481 e. The Kier molecular flexibility index (Phi) is 5.94. The summed E-state index contributed by atoms with van der Waals surface area (Å²) < 4.78 is 0. The van der Waals surface area contributed by atoms with Crippen molar-refractivity contribution >= 4 is 23.3 Å². The standard InChI is InChI=1S/C13H21N3O3S/c1-5-16(8(2)6-11(17)18)13(19)15-10(4)12-14-7-9(3)20-12/h7-8,10H,5-6H2,1-4H3,(H,15,19)(H,17,18). The number of nitrogens with zero attached hydrogens (tertiary/aromatic N) is 2. The number of rotatable bonds is 6. The van der Waals surface area contributed by atoms with Crippen LogP contribution in [0.5, 0.6) is 0 Å². The van der Waals surface area contributed by atoms with E-state index in [1.165, 1.54) is 16.2 Å². The van der Waals surface area contributed by atoms with E-state index in [0.717, 1.165) is 9.88 Å². The van der Waals surface area contributed by atoms with Gasteiger partial charge in [0, 0.05) is 23.7 Å².